The zero-order valence-corrected chi connectivity index (χ0v) is 9.44. The van der Waals surface area contributed by atoms with Crippen molar-refractivity contribution in [1.29, 1.82) is 0 Å². The summed E-state index contributed by atoms with van der Waals surface area (Å²) in [5.74, 6) is -0.172. The molecule has 1 saturated heterocycles. The minimum atomic E-state index is -0.427. The summed E-state index contributed by atoms with van der Waals surface area (Å²) in [7, 11) is 0. The lowest BCUT2D eigenvalue weighted by atomic mass is 10.2. The highest BCUT2D eigenvalue weighted by Gasteiger charge is 2.26. The van der Waals surface area contributed by atoms with Crippen LogP contribution in [-0.2, 0) is 0 Å². The molecule has 1 aromatic carbocycles. The van der Waals surface area contributed by atoms with E-state index in [0.29, 0.717) is 30.8 Å². The van der Waals surface area contributed by atoms with Crippen LogP contribution in [0.4, 0.5) is 5.69 Å². The Labute approximate surface area is 98.6 Å². The normalized spacial score (nSPS) is 20.1. The molecule has 5 heteroatoms. The summed E-state index contributed by atoms with van der Waals surface area (Å²) >= 11 is 5.97. The van der Waals surface area contributed by atoms with Gasteiger partial charge in [0.05, 0.1) is 22.4 Å². The number of amides is 1. The van der Waals surface area contributed by atoms with Crippen LogP contribution in [-0.4, -0.2) is 35.1 Å². The van der Waals surface area contributed by atoms with E-state index in [1.54, 1.807) is 23.1 Å². The minimum Gasteiger partial charge on any atom is -0.398 e. The van der Waals surface area contributed by atoms with E-state index in [9.17, 15) is 9.90 Å². The van der Waals surface area contributed by atoms with Crippen LogP contribution in [0, 0.1) is 0 Å². The smallest absolute Gasteiger partial charge is 0.255 e. The lowest BCUT2D eigenvalue weighted by Crippen LogP contribution is -2.29. The van der Waals surface area contributed by atoms with E-state index in [2.05, 4.69) is 0 Å². The number of nitrogen functional groups attached to an aromatic ring is 1. The summed E-state index contributed by atoms with van der Waals surface area (Å²) in [5.41, 5.74) is 6.43. The fraction of sp³-hybridized carbons (Fsp3) is 0.364. The molecule has 3 N–H and O–H groups in total. The van der Waals surface area contributed by atoms with Gasteiger partial charge in [-0.3, -0.25) is 4.79 Å². The van der Waals surface area contributed by atoms with E-state index < -0.39 is 6.10 Å². The van der Waals surface area contributed by atoms with Crippen LogP contribution < -0.4 is 5.73 Å². The molecule has 1 unspecified atom stereocenters. The number of hydrogen-bond donors (Lipinski definition) is 2. The number of halogens is 1. The number of carbonyl (C=O) groups excluding carboxylic acids is 1. The molecule has 0 radical (unpaired) electrons. The molecule has 0 aliphatic carbocycles. The predicted octanol–water partition coefficient (Wildman–Crippen LogP) is 1.13. The molecule has 0 bridgehead atoms. The van der Waals surface area contributed by atoms with Crippen LogP contribution >= 0.6 is 11.6 Å². The lowest BCUT2D eigenvalue weighted by Gasteiger charge is -2.16. The van der Waals surface area contributed by atoms with Gasteiger partial charge in [0.1, 0.15) is 0 Å². The second-order valence-corrected chi connectivity index (χ2v) is 4.28. The summed E-state index contributed by atoms with van der Waals surface area (Å²) in [5, 5.41) is 9.65. The number of β-amino-alcohol motifs (C(OH)–C–C–N with tert-alkyl or cyclic N) is 1. The van der Waals surface area contributed by atoms with Gasteiger partial charge in [0.25, 0.3) is 5.91 Å². The van der Waals surface area contributed by atoms with E-state index in [4.69, 9.17) is 17.3 Å². The molecule has 0 spiro atoms. The molecule has 1 aromatic rings. The molecule has 1 atom stereocenters. The monoisotopic (exact) mass is 240 g/mol. The molecule has 1 aliphatic rings. The van der Waals surface area contributed by atoms with E-state index in [0.717, 1.165) is 0 Å². The van der Waals surface area contributed by atoms with Crippen molar-refractivity contribution >= 4 is 23.2 Å². The average Bonchev–Trinajstić information content (AvgIpc) is 2.68. The van der Waals surface area contributed by atoms with E-state index in [1.807, 2.05) is 0 Å². The van der Waals surface area contributed by atoms with E-state index in [-0.39, 0.29) is 10.9 Å². The number of nitrogens with two attached hydrogens (primary N) is 1. The molecule has 1 amide bonds. The molecule has 0 aromatic heterocycles. The highest BCUT2D eigenvalue weighted by molar-refractivity contribution is 6.36. The van der Waals surface area contributed by atoms with Gasteiger partial charge in [-0.2, -0.15) is 0 Å². The Morgan fingerprint density at radius 2 is 2.31 bits per heavy atom. The molecular weight excluding hydrogens is 228 g/mol. The number of carbonyl (C=O) groups is 1. The van der Waals surface area contributed by atoms with Crippen molar-refractivity contribution in [2.75, 3.05) is 18.8 Å². The molecule has 1 fully saturated rings. The first kappa shape index (κ1) is 11.2. The van der Waals surface area contributed by atoms with Crippen LogP contribution in [0.25, 0.3) is 0 Å². The molecule has 4 nitrogen and oxygen atoms in total. The third-order valence-corrected chi connectivity index (χ3v) is 3.13. The second kappa shape index (κ2) is 4.31. The first-order valence-corrected chi connectivity index (χ1v) is 5.48. The first-order chi connectivity index (χ1) is 7.59. The number of aliphatic hydroxyl groups is 1. The largest absolute Gasteiger partial charge is 0.398 e. The van der Waals surface area contributed by atoms with Crippen LogP contribution in [0.2, 0.25) is 5.02 Å². The van der Waals surface area contributed by atoms with Crippen LogP contribution in [0.15, 0.2) is 18.2 Å². The lowest BCUT2D eigenvalue weighted by molar-refractivity contribution is 0.0765. The Morgan fingerprint density at radius 1 is 1.56 bits per heavy atom. The molecule has 1 aliphatic heterocycles. The van der Waals surface area contributed by atoms with Crippen molar-refractivity contribution in [1.82, 2.24) is 4.90 Å². The zero-order chi connectivity index (χ0) is 11.7. The Bertz CT molecular complexity index is 422. The van der Waals surface area contributed by atoms with Crippen LogP contribution in [0.3, 0.4) is 0 Å². The number of benzene rings is 1. The molecule has 16 heavy (non-hydrogen) atoms. The number of aliphatic hydroxyl groups excluding tert-OH is 1. The molecule has 0 saturated carbocycles. The van der Waals surface area contributed by atoms with Crippen molar-refractivity contribution in [3.63, 3.8) is 0 Å². The molecule has 1 heterocycles. The predicted molar refractivity (Wildman–Crippen MR) is 62.4 cm³/mol. The quantitative estimate of drug-likeness (QED) is 0.724. The molecular formula is C11H13ClN2O2. The zero-order valence-electron chi connectivity index (χ0n) is 8.69. The van der Waals surface area contributed by atoms with Crippen molar-refractivity contribution in [3.05, 3.63) is 28.8 Å². The Hall–Kier alpha value is -1.26. The van der Waals surface area contributed by atoms with Gasteiger partial charge in [-0.05, 0) is 18.6 Å². The average molecular weight is 241 g/mol. The molecule has 86 valence electrons. The third kappa shape index (κ3) is 1.99. The maximum absolute atomic E-state index is 12.0. The SMILES string of the molecule is Nc1cccc(C(=O)N2CCC(O)C2)c1Cl. The van der Waals surface area contributed by atoms with Crippen molar-refractivity contribution < 1.29 is 9.90 Å². The topological polar surface area (TPSA) is 66.6 Å². The number of likely N-dealkylation sites (tertiary alicyclic amines) is 1. The number of anilines is 1. The second-order valence-electron chi connectivity index (χ2n) is 3.90. The van der Waals surface area contributed by atoms with Crippen LogP contribution in [0.5, 0.6) is 0 Å². The van der Waals surface area contributed by atoms with Gasteiger partial charge in [0.15, 0.2) is 0 Å². The summed E-state index contributed by atoms with van der Waals surface area (Å²) in [6.07, 6.45) is 0.190. The van der Waals surface area contributed by atoms with Gasteiger partial charge < -0.3 is 15.7 Å². The van der Waals surface area contributed by atoms with Crippen molar-refractivity contribution in [3.8, 4) is 0 Å². The maximum Gasteiger partial charge on any atom is 0.255 e. The van der Waals surface area contributed by atoms with Gasteiger partial charge in [-0.25, -0.2) is 0 Å². The van der Waals surface area contributed by atoms with E-state index >= 15 is 0 Å². The van der Waals surface area contributed by atoms with E-state index in [1.165, 1.54) is 0 Å². The fourth-order valence-electron chi connectivity index (χ4n) is 1.81. The first-order valence-electron chi connectivity index (χ1n) is 5.11. The third-order valence-electron chi connectivity index (χ3n) is 2.71. The summed E-state index contributed by atoms with van der Waals surface area (Å²) in [6, 6.07) is 4.99. The van der Waals surface area contributed by atoms with Gasteiger partial charge in [-0.1, -0.05) is 17.7 Å². The van der Waals surface area contributed by atoms with Crippen molar-refractivity contribution in [2.45, 2.75) is 12.5 Å². The Morgan fingerprint density at radius 3 is 2.94 bits per heavy atom. The standard InChI is InChI=1S/C11H13ClN2O2/c12-10-8(2-1-3-9(10)13)11(16)14-5-4-7(15)6-14/h1-3,7,15H,4-6,13H2. The highest BCUT2D eigenvalue weighted by Crippen LogP contribution is 2.25. The van der Waals surface area contributed by atoms with Crippen molar-refractivity contribution in [2.24, 2.45) is 0 Å². The van der Waals surface area contributed by atoms with Gasteiger partial charge in [0, 0.05) is 13.1 Å². The number of rotatable bonds is 1. The minimum absolute atomic E-state index is 0.172. The highest BCUT2D eigenvalue weighted by atomic mass is 35.5. The van der Waals surface area contributed by atoms with Gasteiger partial charge in [0.2, 0.25) is 0 Å². The summed E-state index contributed by atoms with van der Waals surface area (Å²) in [4.78, 5) is 13.6. The molecule has 2 rings (SSSR count). The Balaban J connectivity index is 2.24. The Kier molecular flexibility index (Phi) is 3.03. The van der Waals surface area contributed by atoms with Gasteiger partial charge in [-0.15, -0.1) is 0 Å². The van der Waals surface area contributed by atoms with Crippen LogP contribution in [0.1, 0.15) is 16.8 Å². The summed E-state index contributed by atoms with van der Waals surface area (Å²) < 4.78 is 0. The van der Waals surface area contributed by atoms with Gasteiger partial charge >= 0.3 is 0 Å². The fourth-order valence-corrected chi connectivity index (χ4v) is 2.02. The summed E-state index contributed by atoms with van der Waals surface area (Å²) in [6.45, 7) is 0.926. The maximum atomic E-state index is 12.0. The number of nitrogens with zero attached hydrogens (tertiary/aromatic N) is 1. The number of hydrogen-bond acceptors (Lipinski definition) is 3.